The third kappa shape index (κ3) is 2.28. The number of ether oxygens (including phenoxy) is 1. The topological polar surface area (TPSA) is 139 Å². The smallest absolute Gasteiger partial charge is 0.351 e. The van der Waals surface area contributed by atoms with E-state index in [1.54, 1.807) is 0 Å². The van der Waals surface area contributed by atoms with Gasteiger partial charge in [-0.15, -0.1) is 0 Å². The minimum Gasteiger partial charge on any atom is -0.394 e. The molecule has 0 radical (unpaired) electrons. The van der Waals surface area contributed by atoms with Gasteiger partial charge in [-0.2, -0.15) is 4.98 Å². The molecule has 2 heterocycles. The summed E-state index contributed by atoms with van der Waals surface area (Å²) in [6, 6.07) is 0.967. The number of hydrogen-bond donors (Lipinski definition) is 2. The summed E-state index contributed by atoms with van der Waals surface area (Å²) >= 11 is 0. The van der Waals surface area contributed by atoms with Gasteiger partial charge in [0.25, 0.3) is 0 Å². The minimum atomic E-state index is -0.615. The Kier molecular flexibility index (Phi) is 3.47. The Hall–Kier alpha value is -2.09. The van der Waals surface area contributed by atoms with Gasteiger partial charge in [-0.25, -0.2) is 4.79 Å². The molecule has 2 rings (SSSR count). The summed E-state index contributed by atoms with van der Waals surface area (Å²) in [5.41, 5.74) is 13.3. The molecular formula is C9H12N6O3. The first-order chi connectivity index (χ1) is 8.65. The van der Waals surface area contributed by atoms with Crippen LogP contribution in [0.1, 0.15) is 12.6 Å². The van der Waals surface area contributed by atoms with Crippen LogP contribution in [0.25, 0.3) is 10.4 Å². The molecule has 1 aromatic rings. The number of nitrogens with two attached hydrogens (primary N) is 1. The second-order valence-corrected chi connectivity index (χ2v) is 3.86. The van der Waals surface area contributed by atoms with Crippen LogP contribution in [0.4, 0.5) is 5.82 Å². The fourth-order valence-electron chi connectivity index (χ4n) is 1.88. The predicted molar refractivity (Wildman–Crippen MR) is 61.5 cm³/mol. The lowest BCUT2D eigenvalue weighted by Gasteiger charge is -2.14. The molecule has 0 spiro atoms. The first-order valence-electron chi connectivity index (χ1n) is 5.31. The number of azide groups is 1. The Labute approximate surface area is 101 Å². The van der Waals surface area contributed by atoms with E-state index in [1.165, 1.54) is 16.8 Å². The molecule has 1 aromatic heterocycles. The predicted octanol–water partition coefficient (Wildman–Crippen LogP) is -0.216. The molecule has 1 aliphatic heterocycles. The van der Waals surface area contributed by atoms with Crippen molar-refractivity contribution >= 4 is 5.82 Å². The van der Waals surface area contributed by atoms with Gasteiger partial charge in [-0.1, -0.05) is 5.11 Å². The molecule has 0 bridgehead atoms. The van der Waals surface area contributed by atoms with E-state index in [0.717, 1.165) is 0 Å². The van der Waals surface area contributed by atoms with E-state index in [9.17, 15) is 4.79 Å². The highest BCUT2D eigenvalue weighted by molar-refractivity contribution is 5.23. The van der Waals surface area contributed by atoms with Crippen LogP contribution in [0.2, 0.25) is 0 Å². The van der Waals surface area contributed by atoms with Gasteiger partial charge in [0.05, 0.1) is 18.8 Å². The van der Waals surface area contributed by atoms with E-state index in [1.807, 2.05) is 0 Å². The zero-order chi connectivity index (χ0) is 13.1. The van der Waals surface area contributed by atoms with Gasteiger partial charge in [0.2, 0.25) is 0 Å². The van der Waals surface area contributed by atoms with Crippen molar-refractivity contribution in [3.63, 3.8) is 0 Å². The molecule has 0 saturated carbocycles. The number of aliphatic hydroxyl groups excluding tert-OH is 1. The molecule has 18 heavy (non-hydrogen) atoms. The summed E-state index contributed by atoms with van der Waals surface area (Å²) in [7, 11) is 0. The Morgan fingerprint density at radius 3 is 3.17 bits per heavy atom. The lowest BCUT2D eigenvalue weighted by Crippen LogP contribution is -2.27. The molecule has 96 valence electrons. The number of anilines is 1. The van der Waals surface area contributed by atoms with Crippen molar-refractivity contribution < 1.29 is 9.84 Å². The molecule has 9 heteroatoms. The quantitative estimate of drug-likeness (QED) is 0.435. The monoisotopic (exact) mass is 252 g/mol. The van der Waals surface area contributed by atoms with Gasteiger partial charge in [0.15, 0.2) is 0 Å². The van der Waals surface area contributed by atoms with E-state index >= 15 is 0 Å². The van der Waals surface area contributed by atoms with Gasteiger partial charge in [0.1, 0.15) is 12.0 Å². The fraction of sp³-hybridized carbons (Fsp3) is 0.556. The molecule has 9 nitrogen and oxygen atoms in total. The molecule has 0 aromatic carbocycles. The van der Waals surface area contributed by atoms with Gasteiger partial charge >= 0.3 is 5.69 Å². The maximum atomic E-state index is 11.6. The van der Waals surface area contributed by atoms with Crippen LogP contribution in [0.5, 0.6) is 0 Å². The van der Waals surface area contributed by atoms with Gasteiger partial charge in [-0.3, -0.25) is 4.57 Å². The number of aliphatic hydroxyl groups is 1. The third-order valence-electron chi connectivity index (χ3n) is 2.75. The Bertz CT molecular complexity index is 537. The van der Waals surface area contributed by atoms with Gasteiger partial charge in [0, 0.05) is 17.5 Å². The lowest BCUT2D eigenvalue weighted by molar-refractivity contribution is -0.0269. The first kappa shape index (κ1) is 12.4. The van der Waals surface area contributed by atoms with Crippen molar-refractivity contribution in [2.45, 2.75) is 24.8 Å². The van der Waals surface area contributed by atoms with E-state index in [4.69, 9.17) is 21.1 Å². The zero-order valence-corrected chi connectivity index (χ0v) is 9.38. The number of aromatic nitrogens is 2. The summed E-state index contributed by atoms with van der Waals surface area (Å²) in [6.45, 7) is -0.280. The zero-order valence-electron chi connectivity index (χ0n) is 9.38. The third-order valence-corrected chi connectivity index (χ3v) is 2.75. The average molecular weight is 252 g/mol. The average Bonchev–Trinajstić information content (AvgIpc) is 2.72. The SMILES string of the molecule is [N-]=[N+]=N[C@@H]1C[C@@H](n2ccc(N)nc2=O)O[C@H]1CO. The molecule has 0 amide bonds. The molecular weight excluding hydrogens is 240 g/mol. The van der Waals surface area contributed by atoms with E-state index in [-0.39, 0.29) is 12.4 Å². The van der Waals surface area contributed by atoms with E-state index in [2.05, 4.69) is 15.0 Å². The van der Waals surface area contributed by atoms with Crippen molar-refractivity contribution in [2.75, 3.05) is 12.3 Å². The van der Waals surface area contributed by atoms with Crippen LogP contribution in [0.3, 0.4) is 0 Å². The maximum absolute atomic E-state index is 11.6. The summed E-state index contributed by atoms with van der Waals surface area (Å²) in [6.07, 6.45) is 0.539. The normalized spacial score (nSPS) is 26.8. The Morgan fingerprint density at radius 2 is 2.56 bits per heavy atom. The number of nitrogen functional groups attached to an aromatic ring is 1. The van der Waals surface area contributed by atoms with Crippen molar-refractivity contribution in [3.8, 4) is 0 Å². The highest BCUT2D eigenvalue weighted by Gasteiger charge is 2.35. The Morgan fingerprint density at radius 1 is 1.78 bits per heavy atom. The van der Waals surface area contributed by atoms with Crippen LogP contribution in [0.15, 0.2) is 22.2 Å². The second kappa shape index (κ2) is 5.05. The van der Waals surface area contributed by atoms with Crippen molar-refractivity contribution in [1.29, 1.82) is 0 Å². The largest absolute Gasteiger partial charge is 0.394 e. The van der Waals surface area contributed by atoms with E-state index in [0.29, 0.717) is 6.42 Å². The summed E-state index contributed by atoms with van der Waals surface area (Å²) in [5, 5.41) is 12.6. The summed E-state index contributed by atoms with van der Waals surface area (Å²) in [5.74, 6) is 0.125. The second-order valence-electron chi connectivity index (χ2n) is 3.86. The van der Waals surface area contributed by atoms with Crippen molar-refractivity contribution in [1.82, 2.24) is 9.55 Å². The number of rotatable bonds is 3. The van der Waals surface area contributed by atoms with Crippen LogP contribution >= 0.6 is 0 Å². The maximum Gasteiger partial charge on any atom is 0.351 e. The van der Waals surface area contributed by atoms with E-state index < -0.39 is 24.1 Å². The van der Waals surface area contributed by atoms with Crippen LogP contribution < -0.4 is 11.4 Å². The molecule has 3 atom stereocenters. The Balaban J connectivity index is 2.25. The van der Waals surface area contributed by atoms with Crippen LogP contribution in [-0.2, 0) is 4.74 Å². The molecule has 0 aliphatic carbocycles. The van der Waals surface area contributed by atoms with Crippen molar-refractivity contribution in [3.05, 3.63) is 33.2 Å². The number of nitrogens with zero attached hydrogens (tertiary/aromatic N) is 5. The lowest BCUT2D eigenvalue weighted by atomic mass is 10.1. The molecule has 3 N–H and O–H groups in total. The first-order valence-corrected chi connectivity index (χ1v) is 5.31. The highest BCUT2D eigenvalue weighted by Crippen LogP contribution is 2.29. The van der Waals surface area contributed by atoms with Crippen LogP contribution in [-0.4, -0.2) is 33.4 Å². The van der Waals surface area contributed by atoms with Crippen LogP contribution in [0, 0.1) is 0 Å². The molecule has 1 aliphatic rings. The summed E-state index contributed by atoms with van der Waals surface area (Å²) < 4.78 is 6.71. The standard InChI is InChI=1S/C9H12N6O3/c10-7-1-2-15(9(17)12-7)8-3-5(13-14-11)6(4-16)18-8/h1-2,5-6,8,16H,3-4H2,(H2,10,12,17)/t5-,6+,8+/m1/s1. The minimum absolute atomic E-state index is 0.125. The molecule has 0 unspecified atom stereocenters. The van der Waals surface area contributed by atoms with Gasteiger partial charge in [-0.05, 0) is 11.6 Å². The van der Waals surface area contributed by atoms with Crippen molar-refractivity contribution in [2.24, 2.45) is 5.11 Å². The fourth-order valence-corrected chi connectivity index (χ4v) is 1.88. The highest BCUT2D eigenvalue weighted by atomic mass is 16.5. The van der Waals surface area contributed by atoms with Gasteiger partial charge < -0.3 is 15.6 Å². The number of hydrogen-bond acceptors (Lipinski definition) is 6. The molecule has 1 saturated heterocycles. The molecule has 1 fully saturated rings. The summed E-state index contributed by atoms with van der Waals surface area (Å²) in [4.78, 5) is 17.9.